The predicted molar refractivity (Wildman–Crippen MR) is 85.0 cm³/mol. The summed E-state index contributed by atoms with van der Waals surface area (Å²) in [5, 5.41) is 5.48. The van der Waals surface area contributed by atoms with Crippen molar-refractivity contribution in [2.45, 2.75) is 17.9 Å². The van der Waals surface area contributed by atoms with Crippen molar-refractivity contribution < 1.29 is 0 Å². The normalized spacial score (nSPS) is 11.3. The van der Waals surface area contributed by atoms with E-state index in [1.165, 1.54) is 21.4 Å². The van der Waals surface area contributed by atoms with Crippen LogP contribution in [-0.2, 0) is 20.0 Å². The van der Waals surface area contributed by atoms with Crippen LogP contribution in [0.4, 0.5) is 5.69 Å². The third kappa shape index (κ3) is 2.41. The quantitative estimate of drug-likeness (QED) is 0.592. The maximum Gasteiger partial charge on any atom is 0.0522 e. The van der Waals surface area contributed by atoms with Gasteiger partial charge in [0.1, 0.15) is 0 Å². The highest BCUT2D eigenvalue weighted by atomic mass is 32.2. The van der Waals surface area contributed by atoms with Crippen LogP contribution in [0.3, 0.4) is 0 Å². The molecule has 0 bridgehead atoms. The van der Waals surface area contributed by atoms with E-state index in [1.54, 1.807) is 11.8 Å². The Kier molecular flexibility index (Phi) is 3.44. The minimum absolute atomic E-state index is 0.822. The first-order valence-electron chi connectivity index (χ1n) is 6.57. The Morgan fingerprint density at radius 3 is 2.90 bits per heavy atom. The van der Waals surface area contributed by atoms with Crippen molar-refractivity contribution in [2.75, 3.05) is 12.0 Å². The lowest BCUT2D eigenvalue weighted by molar-refractivity contribution is 0.720. The molecule has 104 valence electrons. The lowest BCUT2D eigenvalue weighted by atomic mass is 10.2. The van der Waals surface area contributed by atoms with Crippen LogP contribution < -0.4 is 5.73 Å². The van der Waals surface area contributed by atoms with Gasteiger partial charge in [0, 0.05) is 42.0 Å². The molecule has 1 aromatic carbocycles. The molecule has 4 nitrogen and oxygen atoms in total. The van der Waals surface area contributed by atoms with Crippen molar-refractivity contribution in [1.82, 2.24) is 14.3 Å². The summed E-state index contributed by atoms with van der Waals surface area (Å²) in [5.74, 6) is 0. The highest BCUT2D eigenvalue weighted by Gasteiger charge is 2.07. The van der Waals surface area contributed by atoms with E-state index < -0.39 is 0 Å². The first kappa shape index (κ1) is 13.1. The van der Waals surface area contributed by atoms with E-state index in [2.05, 4.69) is 40.4 Å². The van der Waals surface area contributed by atoms with Gasteiger partial charge in [0.25, 0.3) is 0 Å². The molecule has 3 rings (SSSR count). The topological polar surface area (TPSA) is 48.8 Å². The van der Waals surface area contributed by atoms with Gasteiger partial charge in [-0.15, -0.1) is 11.8 Å². The van der Waals surface area contributed by atoms with Crippen molar-refractivity contribution >= 4 is 28.4 Å². The van der Waals surface area contributed by atoms with Crippen LogP contribution in [0.25, 0.3) is 10.9 Å². The van der Waals surface area contributed by atoms with Gasteiger partial charge in [-0.2, -0.15) is 5.10 Å². The number of anilines is 1. The van der Waals surface area contributed by atoms with E-state index in [1.807, 2.05) is 24.0 Å². The number of aryl methyl sites for hydroxylation is 3. The number of hydrogen-bond donors (Lipinski definition) is 1. The minimum atomic E-state index is 0.822. The number of aromatic nitrogens is 3. The zero-order chi connectivity index (χ0) is 14.1. The molecule has 0 aliphatic heterocycles. The molecule has 0 fully saturated rings. The summed E-state index contributed by atoms with van der Waals surface area (Å²) in [7, 11) is 1.94. The van der Waals surface area contributed by atoms with Gasteiger partial charge in [0.05, 0.1) is 11.7 Å². The molecule has 0 amide bonds. The molecule has 2 aromatic heterocycles. The molecule has 5 heteroatoms. The molecule has 0 aliphatic rings. The molecule has 0 saturated heterocycles. The lowest BCUT2D eigenvalue weighted by Gasteiger charge is -2.07. The van der Waals surface area contributed by atoms with Crippen molar-refractivity contribution in [3.63, 3.8) is 0 Å². The highest BCUT2D eigenvalue weighted by molar-refractivity contribution is 7.98. The van der Waals surface area contributed by atoms with Crippen LogP contribution >= 0.6 is 11.8 Å². The number of rotatable bonds is 4. The van der Waals surface area contributed by atoms with Gasteiger partial charge in [-0.25, -0.2) is 0 Å². The molecule has 0 spiro atoms. The van der Waals surface area contributed by atoms with Gasteiger partial charge in [0.2, 0.25) is 0 Å². The summed E-state index contributed by atoms with van der Waals surface area (Å²) >= 11 is 1.74. The summed E-state index contributed by atoms with van der Waals surface area (Å²) in [6.07, 6.45) is 9.18. The van der Waals surface area contributed by atoms with Crippen molar-refractivity contribution in [1.29, 1.82) is 0 Å². The van der Waals surface area contributed by atoms with E-state index in [0.29, 0.717) is 0 Å². The molecule has 0 radical (unpaired) electrons. The Bertz CT molecular complexity index is 741. The second kappa shape index (κ2) is 5.25. The summed E-state index contributed by atoms with van der Waals surface area (Å²) in [6, 6.07) is 6.26. The molecule has 0 atom stereocenters. The molecule has 2 heterocycles. The molecular weight excluding hydrogens is 268 g/mol. The number of nitrogen functional groups attached to an aromatic ring is 1. The van der Waals surface area contributed by atoms with Gasteiger partial charge < -0.3 is 10.3 Å². The maximum absolute atomic E-state index is 6.00. The Morgan fingerprint density at radius 2 is 2.20 bits per heavy atom. The zero-order valence-electron chi connectivity index (χ0n) is 11.7. The molecular formula is C15H18N4S. The number of fused-ring (bicyclic) bond motifs is 1. The Balaban J connectivity index is 1.90. The smallest absolute Gasteiger partial charge is 0.0522 e. The molecule has 2 N–H and O–H groups in total. The molecule has 0 aliphatic carbocycles. The minimum Gasteiger partial charge on any atom is -0.399 e. The van der Waals surface area contributed by atoms with E-state index in [0.717, 1.165) is 18.7 Å². The predicted octanol–water partition coefficient (Wildman–Crippen LogP) is 2.92. The average molecular weight is 286 g/mol. The standard InChI is InChI=1S/C15H18N4S/c1-18-10-11(9-17-18)3-5-19-6-4-13-14(19)7-12(16)8-15(13)20-2/h4,6-10H,3,5,16H2,1-2H3. The van der Waals surface area contributed by atoms with Crippen LogP contribution in [0.15, 0.2) is 41.7 Å². The third-order valence-corrected chi connectivity index (χ3v) is 4.27. The third-order valence-electron chi connectivity index (χ3n) is 3.49. The maximum atomic E-state index is 6.00. The van der Waals surface area contributed by atoms with Crippen LogP contribution in [-0.4, -0.2) is 20.6 Å². The monoisotopic (exact) mass is 286 g/mol. The average Bonchev–Trinajstić information content (AvgIpc) is 3.02. The fourth-order valence-corrected chi connectivity index (χ4v) is 3.14. The second-order valence-electron chi connectivity index (χ2n) is 4.94. The Morgan fingerprint density at radius 1 is 1.35 bits per heavy atom. The SMILES string of the molecule is CSc1cc(N)cc2c1ccn2CCc1cnn(C)c1. The van der Waals surface area contributed by atoms with E-state index in [4.69, 9.17) is 5.73 Å². The summed E-state index contributed by atoms with van der Waals surface area (Å²) in [5.41, 5.74) is 9.28. The van der Waals surface area contributed by atoms with Gasteiger partial charge >= 0.3 is 0 Å². The molecule has 0 saturated carbocycles. The fourth-order valence-electron chi connectivity index (χ4n) is 2.50. The summed E-state index contributed by atoms with van der Waals surface area (Å²) in [6.45, 7) is 0.937. The summed E-state index contributed by atoms with van der Waals surface area (Å²) < 4.78 is 4.10. The largest absolute Gasteiger partial charge is 0.399 e. The number of hydrogen-bond acceptors (Lipinski definition) is 3. The Labute approximate surface area is 122 Å². The lowest BCUT2D eigenvalue weighted by Crippen LogP contribution is -2.00. The summed E-state index contributed by atoms with van der Waals surface area (Å²) in [4.78, 5) is 1.24. The number of nitrogens with zero attached hydrogens (tertiary/aromatic N) is 3. The van der Waals surface area contributed by atoms with Gasteiger partial charge in [-0.1, -0.05) is 0 Å². The van der Waals surface area contributed by atoms with Crippen molar-refractivity contribution in [3.05, 3.63) is 42.4 Å². The first-order valence-corrected chi connectivity index (χ1v) is 7.80. The van der Waals surface area contributed by atoms with Crippen LogP contribution in [0, 0.1) is 0 Å². The molecule has 20 heavy (non-hydrogen) atoms. The van der Waals surface area contributed by atoms with Crippen molar-refractivity contribution in [2.24, 2.45) is 7.05 Å². The Hall–Kier alpha value is -1.88. The second-order valence-corrected chi connectivity index (χ2v) is 5.79. The van der Waals surface area contributed by atoms with Crippen LogP contribution in [0.1, 0.15) is 5.56 Å². The highest BCUT2D eigenvalue weighted by Crippen LogP contribution is 2.30. The zero-order valence-corrected chi connectivity index (χ0v) is 12.5. The van der Waals surface area contributed by atoms with Gasteiger partial charge in [-0.05, 0) is 36.4 Å². The number of benzene rings is 1. The molecule has 3 aromatic rings. The van der Waals surface area contributed by atoms with Crippen LogP contribution in [0.5, 0.6) is 0 Å². The van der Waals surface area contributed by atoms with E-state index in [9.17, 15) is 0 Å². The number of nitrogens with two attached hydrogens (primary N) is 1. The van der Waals surface area contributed by atoms with E-state index in [-0.39, 0.29) is 0 Å². The number of thioether (sulfide) groups is 1. The van der Waals surface area contributed by atoms with Gasteiger partial charge in [0.15, 0.2) is 0 Å². The molecule has 0 unspecified atom stereocenters. The van der Waals surface area contributed by atoms with Crippen LogP contribution in [0.2, 0.25) is 0 Å². The van der Waals surface area contributed by atoms with E-state index >= 15 is 0 Å². The van der Waals surface area contributed by atoms with Crippen molar-refractivity contribution in [3.8, 4) is 0 Å². The fraction of sp³-hybridized carbons (Fsp3) is 0.267. The first-order chi connectivity index (χ1) is 9.67. The van der Waals surface area contributed by atoms with Gasteiger partial charge in [-0.3, -0.25) is 4.68 Å².